The molecule has 0 aliphatic carbocycles. The maximum atomic E-state index is 13.1. The molecule has 9 heteroatoms. The van der Waals surface area contributed by atoms with Gasteiger partial charge >= 0.3 is 0 Å². The lowest BCUT2D eigenvalue weighted by Crippen LogP contribution is -2.34. The van der Waals surface area contributed by atoms with Crippen LogP contribution in [0.5, 0.6) is 0 Å². The highest BCUT2D eigenvalue weighted by molar-refractivity contribution is 6.34. The highest BCUT2D eigenvalue weighted by atomic mass is 16.6. The van der Waals surface area contributed by atoms with E-state index in [0.29, 0.717) is 11.4 Å². The van der Waals surface area contributed by atoms with Crippen molar-refractivity contribution in [2.24, 2.45) is 7.05 Å². The van der Waals surface area contributed by atoms with Gasteiger partial charge in [0.2, 0.25) is 0 Å². The fourth-order valence-electron chi connectivity index (χ4n) is 3.36. The topological polar surface area (TPSA) is 107 Å². The summed E-state index contributed by atoms with van der Waals surface area (Å²) in [7, 11) is 1.65. The third kappa shape index (κ3) is 2.29. The number of hydrogen-bond acceptors (Lipinski definition) is 5. The van der Waals surface area contributed by atoms with Crippen molar-refractivity contribution >= 4 is 23.2 Å². The first-order valence-electron chi connectivity index (χ1n) is 8.34. The number of carbonyl (C=O) groups is 2. The van der Waals surface area contributed by atoms with Gasteiger partial charge < -0.3 is 0 Å². The van der Waals surface area contributed by atoms with Crippen LogP contribution in [0.1, 0.15) is 26.4 Å². The van der Waals surface area contributed by atoms with Crippen LogP contribution in [0.3, 0.4) is 0 Å². The van der Waals surface area contributed by atoms with Crippen LogP contribution in [-0.2, 0) is 7.05 Å². The molecule has 0 bridgehead atoms. The third-order valence-electron chi connectivity index (χ3n) is 4.83. The van der Waals surface area contributed by atoms with E-state index in [-0.39, 0.29) is 22.5 Å². The molecule has 0 N–H and O–H groups in total. The molecule has 140 valence electrons. The molecule has 0 saturated carbocycles. The van der Waals surface area contributed by atoms with E-state index >= 15 is 0 Å². The van der Waals surface area contributed by atoms with E-state index < -0.39 is 22.3 Å². The predicted octanol–water partition coefficient (Wildman–Crippen LogP) is 2.19. The molecule has 1 aliphatic heterocycles. The van der Waals surface area contributed by atoms with Gasteiger partial charge in [-0.05, 0) is 25.1 Å². The average Bonchev–Trinajstić information content (AvgIpc) is 3.06. The smallest absolute Gasteiger partial charge is 0.283 e. The molecule has 0 radical (unpaired) electrons. The van der Waals surface area contributed by atoms with E-state index in [1.807, 2.05) is 6.07 Å². The first-order chi connectivity index (χ1) is 13.3. The number of nitro benzene ring substituents is 1. The van der Waals surface area contributed by atoms with Crippen LogP contribution in [0.15, 0.2) is 53.3 Å². The van der Waals surface area contributed by atoms with Crippen molar-refractivity contribution in [3.8, 4) is 5.69 Å². The summed E-state index contributed by atoms with van der Waals surface area (Å²) >= 11 is 0. The monoisotopic (exact) mass is 378 g/mol. The molecule has 0 unspecified atom stereocenters. The highest BCUT2D eigenvalue weighted by Gasteiger charge is 2.41. The fraction of sp³-hybridized carbons (Fsp3) is 0.105. The number of fused-ring (bicyclic) bond motifs is 1. The van der Waals surface area contributed by atoms with Gasteiger partial charge in [0, 0.05) is 19.2 Å². The Balaban J connectivity index is 1.89. The number of imide groups is 1. The lowest BCUT2D eigenvalue weighted by atomic mass is 10.1. The average molecular weight is 378 g/mol. The van der Waals surface area contributed by atoms with E-state index in [2.05, 4.69) is 0 Å². The number of hydrogen-bond donors (Lipinski definition) is 0. The number of carbonyl (C=O) groups excluding carboxylic acids is 2. The minimum atomic E-state index is -0.755. The van der Waals surface area contributed by atoms with Crippen LogP contribution in [0.4, 0.5) is 11.4 Å². The van der Waals surface area contributed by atoms with Gasteiger partial charge in [-0.2, -0.15) is 0 Å². The Morgan fingerprint density at radius 2 is 1.57 bits per heavy atom. The maximum Gasteiger partial charge on any atom is 0.296 e. The largest absolute Gasteiger partial charge is 0.296 e. The minimum absolute atomic E-state index is 0.0320. The van der Waals surface area contributed by atoms with Crippen molar-refractivity contribution in [2.45, 2.75) is 6.92 Å². The Kier molecular flexibility index (Phi) is 3.74. The van der Waals surface area contributed by atoms with Gasteiger partial charge in [0.25, 0.3) is 23.1 Å². The predicted molar refractivity (Wildman–Crippen MR) is 100.0 cm³/mol. The molecule has 9 nitrogen and oxygen atoms in total. The lowest BCUT2D eigenvalue weighted by Gasteiger charge is -2.11. The van der Waals surface area contributed by atoms with Gasteiger partial charge in [0.1, 0.15) is 5.69 Å². The molecule has 3 aromatic rings. The van der Waals surface area contributed by atoms with Gasteiger partial charge in [-0.15, -0.1) is 0 Å². The Morgan fingerprint density at radius 3 is 2.21 bits per heavy atom. The van der Waals surface area contributed by atoms with Crippen LogP contribution >= 0.6 is 0 Å². The first kappa shape index (κ1) is 17.4. The van der Waals surface area contributed by atoms with E-state index in [1.54, 1.807) is 42.9 Å². The molecule has 0 atom stereocenters. The summed E-state index contributed by atoms with van der Waals surface area (Å²) in [5, 5.41) is 11.0. The molecule has 4 rings (SSSR count). The summed E-state index contributed by atoms with van der Waals surface area (Å²) in [6.45, 7) is 1.63. The lowest BCUT2D eigenvalue weighted by molar-refractivity contribution is -0.384. The van der Waals surface area contributed by atoms with Crippen molar-refractivity contribution in [1.82, 2.24) is 9.36 Å². The number of para-hydroxylation sites is 1. The van der Waals surface area contributed by atoms with Crippen LogP contribution in [-0.4, -0.2) is 26.1 Å². The molecular formula is C19H14N4O5. The molecule has 1 aromatic heterocycles. The van der Waals surface area contributed by atoms with E-state index in [1.165, 1.54) is 10.7 Å². The van der Waals surface area contributed by atoms with Gasteiger partial charge in [-0.1, -0.05) is 18.2 Å². The number of benzene rings is 2. The highest BCUT2D eigenvalue weighted by Crippen LogP contribution is 2.31. The van der Waals surface area contributed by atoms with Crippen molar-refractivity contribution in [2.75, 3.05) is 4.90 Å². The van der Waals surface area contributed by atoms with Crippen LogP contribution in [0.2, 0.25) is 0 Å². The van der Waals surface area contributed by atoms with Crippen LogP contribution in [0, 0.1) is 17.0 Å². The molecule has 2 heterocycles. The molecule has 1 aliphatic rings. The summed E-state index contributed by atoms with van der Waals surface area (Å²) in [4.78, 5) is 49.9. The van der Waals surface area contributed by atoms with Gasteiger partial charge in [-0.25, -0.2) is 9.58 Å². The maximum absolute atomic E-state index is 13.1. The molecular weight excluding hydrogens is 364 g/mol. The second kappa shape index (κ2) is 6.02. The Morgan fingerprint density at radius 1 is 0.929 bits per heavy atom. The number of anilines is 1. The summed E-state index contributed by atoms with van der Waals surface area (Å²) in [6, 6.07) is 12.3. The van der Waals surface area contributed by atoms with Crippen molar-refractivity contribution in [1.29, 1.82) is 0 Å². The summed E-state index contributed by atoms with van der Waals surface area (Å²) in [6.07, 6.45) is 0. The number of aromatic nitrogens is 2. The summed E-state index contributed by atoms with van der Waals surface area (Å²) in [5.41, 5.74) is 0.0377. The first-order valence-corrected chi connectivity index (χ1v) is 8.34. The quantitative estimate of drug-likeness (QED) is 0.394. The standard InChI is InChI=1S/C19H14N4O5/c1-11-16(19(26)22(20(11)2)12-6-4-3-5-7-12)21-17(24)14-9-8-13(23(27)28)10-15(14)18(21)25/h3-10H,1-2H3. The molecule has 28 heavy (non-hydrogen) atoms. The van der Waals surface area contributed by atoms with Gasteiger partial charge in [-0.3, -0.25) is 29.2 Å². The zero-order chi connectivity index (χ0) is 20.2. The van der Waals surface area contributed by atoms with Gasteiger partial charge in [0.05, 0.1) is 27.4 Å². The molecule has 0 spiro atoms. The van der Waals surface area contributed by atoms with Crippen molar-refractivity contribution in [3.63, 3.8) is 0 Å². The summed E-state index contributed by atoms with van der Waals surface area (Å²) in [5.74, 6) is -1.43. The zero-order valence-corrected chi connectivity index (χ0v) is 14.9. The van der Waals surface area contributed by atoms with E-state index in [9.17, 15) is 24.5 Å². The van der Waals surface area contributed by atoms with Crippen molar-refractivity contribution in [3.05, 3.63) is 85.8 Å². The number of nitro groups is 1. The number of nitrogens with zero attached hydrogens (tertiary/aromatic N) is 4. The third-order valence-corrected chi connectivity index (χ3v) is 4.83. The fourth-order valence-corrected chi connectivity index (χ4v) is 3.36. The molecule has 0 fully saturated rings. The number of rotatable bonds is 3. The van der Waals surface area contributed by atoms with Crippen LogP contribution < -0.4 is 10.5 Å². The van der Waals surface area contributed by atoms with Gasteiger partial charge in [0.15, 0.2) is 0 Å². The Bertz CT molecular complexity index is 1220. The second-order valence-corrected chi connectivity index (χ2v) is 6.34. The SMILES string of the molecule is Cc1c(N2C(=O)c3ccc([N+](=O)[O-])cc3C2=O)c(=O)n(-c2ccccc2)n1C. The second-order valence-electron chi connectivity index (χ2n) is 6.34. The Labute approximate surface area is 158 Å². The number of amides is 2. The molecule has 0 saturated heterocycles. The Hall–Kier alpha value is -4.01. The minimum Gasteiger partial charge on any atom is -0.283 e. The zero-order valence-electron chi connectivity index (χ0n) is 14.9. The normalized spacial score (nSPS) is 13.1. The molecule has 2 amide bonds. The summed E-state index contributed by atoms with van der Waals surface area (Å²) < 4.78 is 2.91. The van der Waals surface area contributed by atoms with Crippen LogP contribution in [0.25, 0.3) is 5.69 Å². The van der Waals surface area contributed by atoms with Crippen molar-refractivity contribution < 1.29 is 14.5 Å². The van der Waals surface area contributed by atoms with E-state index in [4.69, 9.17) is 0 Å². The molecule has 2 aromatic carbocycles. The van der Waals surface area contributed by atoms with E-state index in [0.717, 1.165) is 17.0 Å². The number of non-ortho nitro benzene ring substituents is 1.